The molecular formula is C11H19NO2. The van der Waals surface area contributed by atoms with Gasteiger partial charge in [0, 0.05) is 6.54 Å². The van der Waals surface area contributed by atoms with E-state index in [2.05, 4.69) is 11.2 Å². The van der Waals surface area contributed by atoms with E-state index in [9.17, 15) is 9.90 Å². The second kappa shape index (κ2) is 7.40. The van der Waals surface area contributed by atoms with E-state index in [1.54, 1.807) is 0 Å². The topological polar surface area (TPSA) is 49.3 Å². The van der Waals surface area contributed by atoms with Crippen molar-refractivity contribution < 1.29 is 9.90 Å². The minimum absolute atomic E-state index is 0.0790. The van der Waals surface area contributed by atoms with Gasteiger partial charge in [0.1, 0.15) is 0 Å². The van der Waals surface area contributed by atoms with Gasteiger partial charge in [0.2, 0.25) is 5.91 Å². The van der Waals surface area contributed by atoms with Gasteiger partial charge in [0.05, 0.1) is 12.5 Å². The van der Waals surface area contributed by atoms with Gasteiger partial charge in [-0.25, -0.2) is 0 Å². The van der Waals surface area contributed by atoms with Crippen molar-refractivity contribution in [2.24, 2.45) is 5.92 Å². The first kappa shape index (κ1) is 13.0. The molecule has 80 valence electrons. The highest BCUT2D eigenvalue weighted by molar-refractivity contribution is 5.78. The summed E-state index contributed by atoms with van der Waals surface area (Å²) in [5.74, 6) is 2.31. The summed E-state index contributed by atoms with van der Waals surface area (Å²) in [6, 6.07) is 0. The monoisotopic (exact) mass is 197 g/mol. The van der Waals surface area contributed by atoms with Gasteiger partial charge in [-0.1, -0.05) is 32.6 Å². The number of amides is 1. The van der Waals surface area contributed by atoms with Crippen molar-refractivity contribution in [1.82, 2.24) is 5.32 Å². The smallest absolute Gasteiger partial charge is 0.232 e. The molecule has 1 unspecified atom stereocenters. The molecule has 1 atom stereocenters. The Kier molecular flexibility index (Phi) is 6.87. The van der Waals surface area contributed by atoms with E-state index in [1.165, 1.54) is 0 Å². The SMILES string of the molecule is C#CCC(=O)NCC(O)C(CC)CC. The van der Waals surface area contributed by atoms with Crippen molar-refractivity contribution in [3.63, 3.8) is 0 Å². The molecule has 0 saturated heterocycles. The Bertz CT molecular complexity index is 204. The van der Waals surface area contributed by atoms with Crippen LogP contribution in [0, 0.1) is 18.3 Å². The first-order valence-electron chi connectivity index (χ1n) is 5.03. The minimum Gasteiger partial charge on any atom is -0.391 e. The van der Waals surface area contributed by atoms with Crippen LogP contribution >= 0.6 is 0 Å². The van der Waals surface area contributed by atoms with Crippen LogP contribution in [0.15, 0.2) is 0 Å². The molecule has 1 amide bonds. The molecule has 0 rings (SSSR count). The lowest BCUT2D eigenvalue weighted by atomic mass is 9.96. The van der Waals surface area contributed by atoms with Crippen molar-refractivity contribution in [3.8, 4) is 12.3 Å². The van der Waals surface area contributed by atoms with E-state index in [0.29, 0.717) is 6.54 Å². The van der Waals surface area contributed by atoms with Crippen molar-refractivity contribution in [1.29, 1.82) is 0 Å². The van der Waals surface area contributed by atoms with Crippen LogP contribution in [-0.2, 0) is 4.79 Å². The quantitative estimate of drug-likeness (QED) is 0.622. The summed E-state index contributed by atoms with van der Waals surface area (Å²) >= 11 is 0. The molecule has 14 heavy (non-hydrogen) atoms. The zero-order chi connectivity index (χ0) is 11.0. The largest absolute Gasteiger partial charge is 0.391 e. The third-order valence-electron chi connectivity index (χ3n) is 2.36. The van der Waals surface area contributed by atoms with Gasteiger partial charge in [0.15, 0.2) is 0 Å². The Morgan fingerprint density at radius 2 is 2.07 bits per heavy atom. The van der Waals surface area contributed by atoms with E-state index < -0.39 is 6.10 Å². The van der Waals surface area contributed by atoms with Crippen LogP contribution in [0.25, 0.3) is 0 Å². The number of rotatable bonds is 6. The lowest BCUT2D eigenvalue weighted by molar-refractivity contribution is -0.120. The van der Waals surface area contributed by atoms with Crippen molar-refractivity contribution in [3.05, 3.63) is 0 Å². The molecule has 3 heteroatoms. The van der Waals surface area contributed by atoms with Crippen LogP contribution in [-0.4, -0.2) is 23.7 Å². The maximum Gasteiger partial charge on any atom is 0.232 e. The summed E-state index contributed by atoms with van der Waals surface area (Å²) < 4.78 is 0. The van der Waals surface area contributed by atoms with Crippen molar-refractivity contribution in [2.75, 3.05) is 6.54 Å². The Labute approximate surface area is 85.9 Å². The zero-order valence-electron chi connectivity index (χ0n) is 8.92. The summed E-state index contributed by atoms with van der Waals surface area (Å²) in [6.45, 7) is 4.36. The number of hydrogen-bond acceptors (Lipinski definition) is 2. The second-order valence-corrected chi connectivity index (χ2v) is 3.33. The summed E-state index contributed by atoms with van der Waals surface area (Å²) in [6.07, 6.45) is 6.43. The standard InChI is InChI=1S/C11H19NO2/c1-4-7-11(14)12-8-10(13)9(5-2)6-3/h1,9-10,13H,5-8H2,2-3H3,(H,12,14). The van der Waals surface area contributed by atoms with Crippen LogP contribution in [0.1, 0.15) is 33.1 Å². The number of carbonyl (C=O) groups excluding carboxylic acids is 1. The molecule has 0 bridgehead atoms. The van der Waals surface area contributed by atoms with Gasteiger partial charge in [0.25, 0.3) is 0 Å². The molecular weight excluding hydrogens is 178 g/mol. The van der Waals surface area contributed by atoms with Gasteiger partial charge < -0.3 is 10.4 Å². The maximum absolute atomic E-state index is 11.0. The molecule has 0 aromatic carbocycles. The summed E-state index contributed by atoms with van der Waals surface area (Å²) in [7, 11) is 0. The average Bonchev–Trinajstić information content (AvgIpc) is 2.17. The molecule has 0 fully saturated rings. The Hall–Kier alpha value is -1.01. The van der Waals surface area contributed by atoms with E-state index in [0.717, 1.165) is 12.8 Å². The molecule has 0 aliphatic heterocycles. The molecule has 0 aromatic rings. The van der Waals surface area contributed by atoms with Crippen LogP contribution in [0.2, 0.25) is 0 Å². The number of terminal acetylenes is 1. The van der Waals surface area contributed by atoms with E-state index in [1.807, 2.05) is 13.8 Å². The van der Waals surface area contributed by atoms with Gasteiger partial charge in [-0.3, -0.25) is 4.79 Å². The molecule has 0 saturated carbocycles. The van der Waals surface area contributed by atoms with E-state index in [-0.39, 0.29) is 18.2 Å². The molecule has 0 spiro atoms. The number of aliphatic hydroxyl groups excluding tert-OH is 1. The summed E-state index contributed by atoms with van der Waals surface area (Å²) in [4.78, 5) is 11.0. The third-order valence-corrected chi connectivity index (χ3v) is 2.36. The Balaban J connectivity index is 3.78. The van der Waals surface area contributed by atoms with Crippen LogP contribution in [0.5, 0.6) is 0 Å². The number of carbonyl (C=O) groups is 1. The van der Waals surface area contributed by atoms with Gasteiger partial charge in [-0.05, 0) is 5.92 Å². The molecule has 0 heterocycles. The van der Waals surface area contributed by atoms with E-state index >= 15 is 0 Å². The first-order valence-corrected chi connectivity index (χ1v) is 5.03. The molecule has 0 radical (unpaired) electrons. The van der Waals surface area contributed by atoms with Crippen LogP contribution in [0.3, 0.4) is 0 Å². The molecule has 0 aliphatic carbocycles. The fourth-order valence-electron chi connectivity index (χ4n) is 1.37. The first-order chi connectivity index (χ1) is 6.65. The minimum atomic E-state index is -0.466. The summed E-state index contributed by atoms with van der Waals surface area (Å²) in [5.41, 5.74) is 0. The van der Waals surface area contributed by atoms with Gasteiger partial charge in [-0.2, -0.15) is 0 Å². The molecule has 0 aliphatic rings. The number of aliphatic hydroxyl groups is 1. The predicted octanol–water partition coefficient (Wildman–Crippen LogP) is 0.923. The maximum atomic E-state index is 11.0. The zero-order valence-corrected chi connectivity index (χ0v) is 8.92. The second-order valence-electron chi connectivity index (χ2n) is 3.33. The molecule has 0 aromatic heterocycles. The van der Waals surface area contributed by atoms with Gasteiger partial charge >= 0.3 is 0 Å². The Morgan fingerprint density at radius 1 is 1.50 bits per heavy atom. The average molecular weight is 197 g/mol. The predicted molar refractivity (Wildman–Crippen MR) is 56.5 cm³/mol. The molecule has 2 N–H and O–H groups in total. The fraction of sp³-hybridized carbons (Fsp3) is 0.727. The number of hydrogen-bond donors (Lipinski definition) is 2. The third kappa shape index (κ3) is 4.88. The normalized spacial score (nSPS) is 12.2. The van der Waals surface area contributed by atoms with Crippen LogP contribution < -0.4 is 5.32 Å². The fourth-order valence-corrected chi connectivity index (χ4v) is 1.37. The van der Waals surface area contributed by atoms with E-state index in [4.69, 9.17) is 6.42 Å². The van der Waals surface area contributed by atoms with Crippen molar-refractivity contribution in [2.45, 2.75) is 39.2 Å². The Morgan fingerprint density at radius 3 is 2.50 bits per heavy atom. The molecule has 3 nitrogen and oxygen atoms in total. The lowest BCUT2D eigenvalue weighted by Crippen LogP contribution is -2.35. The van der Waals surface area contributed by atoms with Crippen molar-refractivity contribution >= 4 is 5.91 Å². The van der Waals surface area contributed by atoms with Gasteiger partial charge in [-0.15, -0.1) is 6.42 Å². The van der Waals surface area contributed by atoms with Crippen LogP contribution in [0.4, 0.5) is 0 Å². The highest BCUT2D eigenvalue weighted by atomic mass is 16.3. The lowest BCUT2D eigenvalue weighted by Gasteiger charge is -2.19. The summed E-state index contributed by atoms with van der Waals surface area (Å²) in [5, 5.41) is 12.3. The number of nitrogens with one attached hydrogen (secondary N) is 1. The highest BCUT2D eigenvalue weighted by Gasteiger charge is 2.15. The highest BCUT2D eigenvalue weighted by Crippen LogP contribution is 2.12.